The summed E-state index contributed by atoms with van der Waals surface area (Å²) in [5.74, 6) is 1.27. The maximum Gasteiger partial charge on any atom is 0.178 e. The van der Waals surface area contributed by atoms with Gasteiger partial charge in [0.15, 0.2) is 4.77 Å². The number of aromatic nitrogens is 2. The first kappa shape index (κ1) is 12.8. The maximum atomic E-state index is 11.5. The predicted octanol–water partition coefficient (Wildman–Crippen LogP) is 3.12. The lowest BCUT2D eigenvalue weighted by Gasteiger charge is -2.04. The number of nitrogens with zero attached hydrogens (tertiary/aromatic N) is 1. The molecule has 1 aromatic carbocycles. The molecular formula is C11H13ClN2OS2. The number of hydrogen-bond donors (Lipinski definition) is 1. The van der Waals surface area contributed by atoms with Crippen molar-refractivity contribution in [3.05, 3.63) is 28.0 Å². The average molecular weight is 289 g/mol. The van der Waals surface area contributed by atoms with E-state index in [-0.39, 0.29) is 0 Å². The second-order valence-corrected chi connectivity index (χ2v) is 6.31. The van der Waals surface area contributed by atoms with Crippen LogP contribution in [-0.2, 0) is 17.3 Å². The van der Waals surface area contributed by atoms with E-state index in [0.29, 0.717) is 27.8 Å². The minimum absolute atomic E-state index is 0.600. The van der Waals surface area contributed by atoms with Crippen molar-refractivity contribution >= 4 is 45.7 Å². The monoisotopic (exact) mass is 288 g/mol. The second-order valence-electron chi connectivity index (χ2n) is 3.65. The van der Waals surface area contributed by atoms with Crippen LogP contribution in [0.5, 0.6) is 0 Å². The molecule has 0 amide bonds. The molecule has 1 heterocycles. The molecule has 2 aromatic rings. The van der Waals surface area contributed by atoms with E-state index < -0.39 is 10.8 Å². The maximum absolute atomic E-state index is 11.5. The van der Waals surface area contributed by atoms with Gasteiger partial charge in [0.1, 0.15) is 0 Å². The van der Waals surface area contributed by atoms with Gasteiger partial charge in [-0.2, -0.15) is 0 Å². The number of rotatable bonds is 4. The Morgan fingerprint density at radius 1 is 1.53 bits per heavy atom. The van der Waals surface area contributed by atoms with Gasteiger partial charge in [0.25, 0.3) is 0 Å². The predicted molar refractivity (Wildman–Crippen MR) is 75.7 cm³/mol. The SMILES string of the molecule is CCS(=O)CCn1c(=S)[nH]c2cccc(Cl)c21. The zero-order chi connectivity index (χ0) is 12.4. The van der Waals surface area contributed by atoms with Crippen molar-refractivity contribution in [2.45, 2.75) is 13.5 Å². The topological polar surface area (TPSA) is 37.8 Å². The van der Waals surface area contributed by atoms with E-state index in [0.717, 1.165) is 11.0 Å². The van der Waals surface area contributed by atoms with E-state index in [9.17, 15) is 4.21 Å². The summed E-state index contributed by atoms with van der Waals surface area (Å²) in [5.41, 5.74) is 1.82. The van der Waals surface area contributed by atoms with E-state index in [1.807, 2.05) is 29.7 Å². The normalized spacial score (nSPS) is 13.1. The molecule has 1 unspecified atom stereocenters. The third kappa shape index (κ3) is 2.61. The number of H-pyrrole nitrogens is 1. The first-order valence-corrected chi connectivity index (χ1v) is 7.63. The van der Waals surface area contributed by atoms with Crippen molar-refractivity contribution < 1.29 is 4.21 Å². The van der Waals surface area contributed by atoms with Crippen molar-refractivity contribution in [2.75, 3.05) is 11.5 Å². The van der Waals surface area contributed by atoms with Crippen LogP contribution in [0.2, 0.25) is 5.02 Å². The van der Waals surface area contributed by atoms with Gasteiger partial charge in [0.2, 0.25) is 0 Å². The molecular weight excluding hydrogens is 276 g/mol. The van der Waals surface area contributed by atoms with Crippen LogP contribution in [0.4, 0.5) is 0 Å². The molecule has 0 aliphatic heterocycles. The van der Waals surface area contributed by atoms with Crippen LogP contribution >= 0.6 is 23.8 Å². The van der Waals surface area contributed by atoms with E-state index in [4.69, 9.17) is 23.8 Å². The summed E-state index contributed by atoms with van der Waals surface area (Å²) >= 11 is 11.4. The summed E-state index contributed by atoms with van der Waals surface area (Å²) in [6.45, 7) is 2.54. The van der Waals surface area contributed by atoms with Gasteiger partial charge in [0, 0.05) is 28.9 Å². The van der Waals surface area contributed by atoms with Gasteiger partial charge in [0.05, 0.1) is 16.1 Å². The van der Waals surface area contributed by atoms with Gasteiger partial charge < -0.3 is 9.55 Å². The minimum atomic E-state index is -0.794. The van der Waals surface area contributed by atoms with Crippen LogP contribution < -0.4 is 0 Å². The van der Waals surface area contributed by atoms with Crippen LogP contribution in [-0.4, -0.2) is 25.3 Å². The number of imidazole rings is 1. The first-order valence-electron chi connectivity index (χ1n) is 5.35. The number of hydrogen-bond acceptors (Lipinski definition) is 2. The molecule has 0 aliphatic rings. The van der Waals surface area contributed by atoms with Crippen molar-refractivity contribution in [2.24, 2.45) is 0 Å². The molecule has 0 aliphatic carbocycles. The Balaban J connectivity index is 2.42. The van der Waals surface area contributed by atoms with Gasteiger partial charge in [-0.25, -0.2) is 0 Å². The number of nitrogens with one attached hydrogen (secondary N) is 1. The molecule has 0 saturated carbocycles. The van der Waals surface area contributed by atoms with Gasteiger partial charge in [-0.15, -0.1) is 0 Å². The number of para-hydroxylation sites is 1. The molecule has 17 heavy (non-hydrogen) atoms. The molecule has 92 valence electrons. The zero-order valence-corrected chi connectivity index (χ0v) is 11.8. The van der Waals surface area contributed by atoms with E-state index in [1.54, 1.807) is 0 Å². The summed E-state index contributed by atoms with van der Waals surface area (Å²) in [6.07, 6.45) is 0. The van der Waals surface area contributed by atoms with Crippen LogP contribution in [0.3, 0.4) is 0 Å². The standard InChI is InChI=1S/C11H13ClN2OS2/c1-2-17(15)7-6-14-10-8(12)4-3-5-9(10)13-11(14)16/h3-5H,2,6-7H2,1H3,(H,13,16). The molecule has 2 rings (SSSR count). The highest BCUT2D eigenvalue weighted by Crippen LogP contribution is 2.23. The van der Waals surface area contributed by atoms with E-state index >= 15 is 0 Å². The Kier molecular flexibility index (Phi) is 4.01. The number of aromatic amines is 1. The molecule has 0 bridgehead atoms. The molecule has 1 N–H and O–H groups in total. The van der Waals surface area contributed by atoms with Crippen molar-refractivity contribution in [3.63, 3.8) is 0 Å². The number of benzene rings is 1. The summed E-state index contributed by atoms with van der Waals surface area (Å²) in [7, 11) is -0.794. The van der Waals surface area contributed by atoms with Crippen molar-refractivity contribution in [1.82, 2.24) is 9.55 Å². The van der Waals surface area contributed by atoms with Crippen LogP contribution in [0.1, 0.15) is 6.92 Å². The smallest absolute Gasteiger partial charge is 0.178 e. The number of fused-ring (bicyclic) bond motifs is 1. The molecule has 6 heteroatoms. The lowest BCUT2D eigenvalue weighted by Crippen LogP contribution is -2.09. The summed E-state index contributed by atoms with van der Waals surface area (Å²) in [6, 6.07) is 5.65. The van der Waals surface area contributed by atoms with Gasteiger partial charge in [-0.1, -0.05) is 24.6 Å². The third-order valence-electron chi connectivity index (χ3n) is 2.61. The van der Waals surface area contributed by atoms with E-state index in [1.165, 1.54) is 0 Å². The molecule has 3 nitrogen and oxygen atoms in total. The minimum Gasteiger partial charge on any atom is -0.331 e. The van der Waals surface area contributed by atoms with Gasteiger partial charge in [-0.05, 0) is 24.4 Å². The zero-order valence-electron chi connectivity index (χ0n) is 9.40. The molecule has 1 aromatic heterocycles. The quantitative estimate of drug-likeness (QED) is 0.878. The Morgan fingerprint density at radius 3 is 3.00 bits per heavy atom. The van der Waals surface area contributed by atoms with Crippen LogP contribution in [0.15, 0.2) is 18.2 Å². The lowest BCUT2D eigenvalue weighted by atomic mass is 10.3. The highest BCUT2D eigenvalue weighted by Gasteiger charge is 2.08. The summed E-state index contributed by atoms with van der Waals surface area (Å²) < 4.78 is 14.0. The third-order valence-corrected chi connectivity index (χ3v) is 4.52. The summed E-state index contributed by atoms with van der Waals surface area (Å²) in [4.78, 5) is 3.10. The average Bonchev–Trinajstić information content (AvgIpc) is 2.63. The fourth-order valence-corrected chi connectivity index (χ4v) is 2.97. The van der Waals surface area contributed by atoms with Crippen LogP contribution in [0, 0.1) is 4.77 Å². The first-order chi connectivity index (χ1) is 8.13. The fourth-order valence-electron chi connectivity index (χ4n) is 1.73. The number of aryl methyl sites for hydroxylation is 1. The Morgan fingerprint density at radius 2 is 2.29 bits per heavy atom. The molecule has 0 spiro atoms. The fraction of sp³-hybridized carbons (Fsp3) is 0.364. The van der Waals surface area contributed by atoms with Gasteiger partial charge in [-0.3, -0.25) is 4.21 Å². The van der Waals surface area contributed by atoms with Gasteiger partial charge >= 0.3 is 0 Å². The Labute approximate surface area is 112 Å². The Bertz CT molecular complexity index is 617. The highest BCUT2D eigenvalue weighted by molar-refractivity contribution is 7.84. The summed E-state index contributed by atoms with van der Waals surface area (Å²) in [5, 5.41) is 0.664. The highest BCUT2D eigenvalue weighted by atomic mass is 35.5. The largest absolute Gasteiger partial charge is 0.331 e. The number of halogens is 1. The van der Waals surface area contributed by atoms with Crippen molar-refractivity contribution in [3.8, 4) is 0 Å². The van der Waals surface area contributed by atoms with Crippen molar-refractivity contribution in [1.29, 1.82) is 0 Å². The molecule has 1 atom stereocenters. The molecule has 0 fully saturated rings. The Hall–Kier alpha value is -0.650. The lowest BCUT2D eigenvalue weighted by molar-refractivity contribution is 0.675. The molecule has 0 radical (unpaired) electrons. The van der Waals surface area contributed by atoms with Crippen LogP contribution in [0.25, 0.3) is 11.0 Å². The molecule has 0 saturated heterocycles. The van der Waals surface area contributed by atoms with E-state index in [2.05, 4.69) is 4.98 Å². The second kappa shape index (κ2) is 5.33.